The van der Waals surface area contributed by atoms with E-state index in [1.165, 1.54) is 5.43 Å². The van der Waals surface area contributed by atoms with E-state index in [9.17, 15) is 31.1 Å². The molecule has 0 saturated carbocycles. The fourth-order valence-corrected chi connectivity index (χ4v) is 0.575. The molecule has 15 heavy (non-hydrogen) atoms. The number of nitrogens with two attached hydrogens (primary N) is 1. The second-order valence-corrected chi connectivity index (χ2v) is 2.34. The zero-order valence-electron chi connectivity index (χ0n) is 6.95. The Bertz CT molecular complexity index is 211. The molecule has 0 unspecified atom stereocenters. The first-order valence-electron chi connectivity index (χ1n) is 3.33. The third kappa shape index (κ3) is 4.83. The van der Waals surface area contributed by atoms with Crippen LogP contribution < -0.4 is 11.3 Å². The van der Waals surface area contributed by atoms with Crippen molar-refractivity contribution in [1.29, 1.82) is 0 Å². The first kappa shape index (κ1) is 14.0. The Balaban J connectivity index is 4.49. The van der Waals surface area contributed by atoms with Crippen molar-refractivity contribution in [2.75, 3.05) is 6.61 Å². The molecule has 0 aliphatic carbocycles. The molecule has 0 aromatic heterocycles. The SMILES string of the molecule is NNC(=O)COC(C(F)(F)F)C(F)(F)F. The Hall–Kier alpha value is -1.03. The van der Waals surface area contributed by atoms with Gasteiger partial charge >= 0.3 is 12.4 Å². The van der Waals surface area contributed by atoms with Gasteiger partial charge in [0.1, 0.15) is 6.61 Å². The molecule has 0 radical (unpaired) electrons. The zero-order chi connectivity index (χ0) is 12.3. The zero-order valence-corrected chi connectivity index (χ0v) is 6.95. The van der Waals surface area contributed by atoms with Gasteiger partial charge in [-0.25, -0.2) is 5.84 Å². The van der Waals surface area contributed by atoms with Crippen LogP contribution in [0.3, 0.4) is 0 Å². The summed E-state index contributed by atoms with van der Waals surface area (Å²) < 4.78 is 74.0. The number of carbonyl (C=O) groups is 1. The molecular weight excluding hydrogens is 234 g/mol. The molecule has 0 rings (SSSR count). The number of hydrazine groups is 1. The van der Waals surface area contributed by atoms with E-state index >= 15 is 0 Å². The largest absolute Gasteiger partial charge is 0.423 e. The van der Waals surface area contributed by atoms with Crippen LogP contribution in [0.4, 0.5) is 26.3 Å². The summed E-state index contributed by atoms with van der Waals surface area (Å²) in [6, 6.07) is 0. The third-order valence-corrected chi connectivity index (χ3v) is 1.14. The minimum atomic E-state index is -5.63. The van der Waals surface area contributed by atoms with Gasteiger partial charge in [0.25, 0.3) is 5.91 Å². The molecule has 0 bridgehead atoms. The maximum atomic E-state index is 11.8. The fourth-order valence-electron chi connectivity index (χ4n) is 0.575. The number of halogens is 6. The number of hydrogen-bond donors (Lipinski definition) is 2. The van der Waals surface area contributed by atoms with Gasteiger partial charge in [-0.15, -0.1) is 0 Å². The Kier molecular flexibility index (Phi) is 4.34. The second kappa shape index (κ2) is 4.66. The predicted molar refractivity (Wildman–Crippen MR) is 34.2 cm³/mol. The minimum absolute atomic E-state index is 1.30. The summed E-state index contributed by atoms with van der Waals surface area (Å²) in [4.78, 5) is 10.3. The van der Waals surface area contributed by atoms with Gasteiger partial charge in [0, 0.05) is 0 Å². The third-order valence-electron chi connectivity index (χ3n) is 1.14. The van der Waals surface area contributed by atoms with Gasteiger partial charge in [0.15, 0.2) is 0 Å². The summed E-state index contributed by atoms with van der Waals surface area (Å²) in [7, 11) is 0. The van der Waals surface area contributed by atoms with E-state index in [0.29, 0.717) is 0 Å². The van der Waals surface area contributed by atoms with Crippen LogP contribution in [0.15, 0.2) is 0 Å². The summed E-state index contributed by atoms with van der Waals surface area (Å²) >= 11 is 0. The highest BCUT2D eigenvalue weighted by Gasteiger charge is 2.58. The molecule has 0 saturated heterocycles. The van der Waals surface area contributed by atoms with E-state index in [0.717, 1.165) is 0 Å². The molecule has 0 aromatic carbocycles. The van der Waals surface area contributed by atoms with Crippen LogP contribution in [0.5, 0.6) is 0 Å². The van der Waals surface area contributed by atoms with E-state index in [2.05, 4.69) is 10.6 Å². The second-order valence-electron chi connectivity index (χ2n) is 2.34. The molecule has 90 valence electrons. The summed E-state index contributed by atoms with van der Waals surface area (Å²) in [5.74, 6) is 3.14. The van der Waals surface area contributed by atoms with E-state index in [1.54, 1.807) is 0 Å². The quantitative estimate of drug-likeness (QED) is 0.326. The molecule has 1 amide bonds. The summed E-state index contributed by atoms with van der Waals surface area (Å²) in [5, 5.41) is 0. The molecule has 0 aliphatic rings. The van der Waals surface area contributed by atoms with Crippen molar-refractivity contribution >= 4 is 5.91 Å². The molecule has 0 aromatic rings. The van der Waals surface area contributed by atoms with Crippen LogP contribution in [0.1, 0.15) is 0 Å². The molecule has 10 heteroatoms. The number of alkyl halides is 6. The monoisotopic (exact) mass is 240 g/mol. The van der Waals surface area contributed by atoms with Gasteiger partial charge in [-0.05, 0) is 0 Å². The van der Waals surface area contributed by atoms with Gasteiger partial charge in [0.05, 0.1) is 0 Å². The highest BCUT2D eigenvalue weighted by Crippen LogP contribution is 2.35. The first-order valence-corrected chi connectivity index (χ1v) is 3.33. The molecule has 0 atom stereocenters. The van der Waals surface area contributed by atoms with Crippen LogP contribution >= 0.6 is 0 Å². The molecular formula is C5H6F6N2O2. The van der Waals surface area contributed by atoms with Crippen molar-refractivity contribution in [3.63, 3.8) is 0 Å². The topological polar surface area (TPSA) is 64.3 Å². The van der Waals surface area contributed by atoms with Gasteiger partial charge in [-0.3, -0.25) is 10.2 Å². The Morgan fingerprint density at radius 1 is 1.20 bits per heavy atom. The van der Waals surface area contributed by atoms with Gasteiger partial charge in [-0.1, -0.05) is 0 Å². The average molecular weight is 240 g/mol. The molecule has 0 heterocycles. The van der Waals surface area contributed by atoms with Crippen LogP contribution in [0.2, 0.25) is 0 Å². The van der Waals surface area contributed by atoms with Crippen molar-refractivity contribution in [2.45, 2.75) is 18.5 Å². The maximum absolute atomic E-state index is 11.8. The molecule has 0 spiro atoms. The maximum Gasteiger partial charge on any atom is 0.423 e. The standard InChI is InChI=1S/C5H6F6N2O2/c6-4(7,8)3(5(9,10)11)15-1-2(14)13-12/h3H,1,12H2,(H,13,14). The van der Waals surface area contributed by atoms with Crippen LogP contribution in [0.25, 0.3) is 0 Å². The molecule has 3 N–H and O–H groups in total. The first-order chi connectivity index (χ1) is 6.59. The predicted octanol–water partition coefficient (Wildman–Crippen LogP) is 0.486. The van der Waals surface area contributed by atoms with E-state index in [4.69, 9.17) is 0 Å². The van der Waals surface area contributed by atoms with Gasteiger partial charge in [0.2, 0.25) is 6.10 Å². The summed E-state index contributed by atoms with van der Waals surface area (Å²) in [6.45, 7) is -1.43. The number of nitrogens with one attached hydrogen (secondary N) is 1. The van der Waals surface area contributed by atoms with Crippen molar-refractivity contribution in [2.24, 2.45) is 5.84 Å². The van der Waals surface area contributed by atoms with Crippen molar-refractivity contribution in [1.82, 2.24) is 5.43 Å². The minimum Gasteiger partial charge on any atom is -0.351 e. The number of carbonyl (C=O) groups excluding carboxylic acids is 1. The van der Waals surface area contributed by atoms with Crippen molar-refractivity contribution in [3.05, 3.63) is 0 Å². The number of rotatable bonds is 3. The van der Waals surface area contributed by atoms with Gasteiger partial charge < -0.3 is 4.74 Å². The highest BCUT2D eigenvalue weighted by atomic mass is 19.4. The molecule has 4 nitrogen and oxygen atoms in total. The lowest BCUT2D eigenvalue weighted by atomic mass is 10.3. The Morgan fingerprint density at radius 3 is 1.87 bits per heavy atom. The van der Waals surface area contributed by atoms with Crippen LogP contribution in [0, 0.1) is 0 Å². The normalized spacial score (nSPS) is 13.1. The van der Waals surface area contributed by atoms with Crippen LogP contribution in [-0.2, 0) is 9.53 Å². The highest BCUT2D eigenvalue weighted by molar-refractivity contribution is 5.76. The van der Waals surface area contributed by atoms with E-state index < -0.39 is 31.0 Å². The van der Waals surface area contributed by atoms with E-state index in [-0.39, 0.29) is 0 Å². The number of hydrogen-bond acceptors (Lipinski definition) is 3. The fraction of sp³-hybridized carbons (Fsp3) is 0.800. The van der Waals surface area contributed by atoms with Crippen molar-refractivity contribution < 1.29 is 35.9 Å². The lowest BCUT2D eigenvalue weighted by Gasteiger charge is -2.22. The number of ether oxygens (including phenoxy) is 1. The van der Waals surface area contributed by atoms with E-state index in [1.807, 2.05) is 0 Å². The lowest BCUT2D eigenvalue weighted by Crippen LogP contribution is -2.46. The molecule has 0 aliphatic heterocycles. The smallest absolute Gasteiger partial charge is 0.351 e. The summed E-state index contributed by atoms with van der Waals surface area (Å²) in [5.41, 5.74) is 1.32. The Labute approximate surface area is 79.3 Å². The average Bonchev–Trinajstić information content (AvgIpc) is 1.99. The number of amides is 1. The lowest BCUT2D eigenvalue weighted by molar-refractivity contribution is -0.319. The van der Waals surface area contributed by atoms with Gasteiger partial charge in [-0.2, -0.15) is 26.3 Å². The summed E-state index contributed by atoms with van der Waals surface area (Å²) in [6.07, 6.45) is -15.3. The Morgan fingerprint density at radius 2 is 1.60 bits per heavy atom. The molecule has 0 fully saturated rings. The van der Waals surface area contributed by atoms with Crippen LogP contribution in [-0.4, -0.2) is 31.0 Å². The van der Waals surface area contributed by atoms with Crippen molar-refractivity contribution in [3.8, 4) is 0 Å².